The number of hydrogen-bond donors (Lipinski definition) is 1. The Kier molecular flexibility index (Phi) is 4.61. The quantitative estimate of drug-likeness (QED) is 0.537. The van der Waals surface area contributed by atoms with Crippen LogP contribution in [0.1, 0.15) is 28.8 Å². The molecule has 7 heteroatoms. The molecule has 3 rings (SSSR count). The van der Waals surface area contributed by atoms with Gasteiger partial charge < -0.3 is 9.73 Å². The van der Waals surface area contributed by atoms with Gasteiger partial charge in [-0.1, -0.05) is 0 Å². The molecule has 2 heterocycles. The van der Waals surface area contributed by atoms with Crippen molar-refractivity contribution in [3.05, 3.63) is 63.4 Å². The van der Waals surface area contributed by atoms with Crippen molar-refractivity contribution < 1.29 is 14.1 Å². The van der Waals surface area contributed by atoms with Gasteiger partial charge >= 0.3 is 0 Å². The van der Waals surface area contributed by atoms with E-state index in [4.69, 9.17) is 4.42 Å². The number of nitrogens with zero attached hydrogens (tertiary/aromatic N) is 1. The maximum atomic E-state index is 12.3. The van der Waals surface area contributed by atoms with E-state index < -0.39 is 4.92 Å². The van der Waals surface area contributed by atoms with E-state index >= 15 is 0 Å². The monoisotopic (exact) mass is 344 g/mol. The third-order valence-electron chi connectivity index (χ3n) is 3.72. The lowest BCUT2D eigenvalue weighted by Crippen LogP contribution is -2.32. The Morgan fingerprint density at radius 1 is 1.38 bits per heavy atom. The first-order valence-electron chi connectivity index (χ1n) is 7.54. The molecule has 0 saturated carbocycles. The topological polar surface area (TPSA) is 85.4 Å². The summed E-state index contributed by atoms with van der Waals surface area (Å²) in [5.74, 6) is 0.732. The summed E-state index contributed by atoms with van der Waals surface area (Å²) in [5, 5.41) is 14.5. The Labute approximate surface area is 142 Å². The molecule has 0 radical (unpaired) electrons. The Balaban J connectivity index is 1.65. The summed E-state index contributed by atoms with van der Waals surface area (Å²) >= 11 is 1.33. The van der Waals surface area contributed by atoms with E-state index in [2.05, 4.69) is 5.32 Å². The van der Waals surface area contributed by atoms with Crippen molar-refractivity contribution in [1.29, 1.82) is 0 Å². The number of hydrogen-bond acceptors (Lipinski definition) is 5. The van der Waals surface area contributed by atoms with E-state index in [0.29, 0.717) is 10.3 Å². The predicted octanol–water partition coefficient (Wildman–Crippen LogP) is 4.15. The Morgan fingerprint density at radius 3 is 2.92 bits per heavy atom. The van der Waals surface area contributed by atoms with Gasteiger partial charge in [0.1, 0.15) is 5.76 Å². The Bertz CT molecular complexity index is 870. The molecule has 0 aliphatic carbocycles. The molecule has 0 bridgehead atoms. The SMILES string of the molecule is CC(CCc1ccco1)NC(=O)c1cc2cc([N+](=O)[O-])ccc2s1. The fourth-order valence-corrected chi connectivity index (χ4v) is 3.38. The number of aryl methyl sites for hydroxylation is 1. The second-order valence-corrected chi connectivity index (χ2v) is 6.67. The third-order valence-corrected chi connectivity index (χ3v) is 4.83. The van der Waals surface area contributed by atoms with Crippen LogP contribution in [0, 0.1) is 10.1 Å². The van der Waals surface area contributed by atoms with Gasteiger partial charge in [0, 0.05) is 34.7 Å². The molecular weight excluding hydrogens is 328 g/mol. The molecule has 0 saturated heterocycles. The van der Waals surface area contributed by atoms with Crippen molar-refractivity contribution in [2.45, 2.75) is 25.8 Å². The number of amides is 1. The number of nitro benzene ring substituents is 1. The normalized spacial score (nSPS) is 12.2. The van der Waals surface area contributed by atoms with E-state index in [1.807, 2.05) is 19.1 Å². The molecule has 0 aliphatic heterocycles. The maximum Gasteiger partial charge on any atom is 0.270 e. The molecule has 0 spiro atoms. The summed E-state index contributed by atoms with van der Waals surface area (Å²) in [6.07, 6.45) is 3.16. The zero-order valence-electron chi connectivity index (χ0n) is 13.0. The number of furan rings is 1. The summed E-state index contributed by atoms with van der Waals surface area (Å²) in [7, 11) is 0. The number of nitro groups is 1. The van der Waals surface area contributed by atoms with Crippen LogP contribution in [0.25, 0.3) is 10.1 Å². The van der Waals surface area contributed by atoms with Crippen LogP contribution in [0.2, 0.25) is 0 Å². The molecular formula is C17H16N2O4S. The molecule has 124 valence electrons. The Morgan fingerprint density at radius 2 is 2.21 bits per heavy atom. The lowest BCUT2D eigenvalue weighted by atomic mass is 10.1. The molecule has 1 unspecified atom stereocenters. The molecule has 1 N–H and O–H groups in total. The fourth-order valence-electron chi connectivity index (χ4n) is 2.44. The fraction of sp³-hybridized carbons (Fsp3) is 0.235. The van der Waals surface area contributed by atoms with Gasteiger partial charge in [0.15, 0.2) is 0 Å². The number of rotatable bonds is 6. The van der Waals surface area contributed by atoms with Crippen molar-refractivity contribution in [1.82, 2.24) is 5.32 Å². The molecule has 1 aromatic carbocycles. The van der Waals surface area contributed by atoms with Gasteiger partial charge in [-0.15, -0.1) is 11.3 Å². The van der Waals surface area contributed by atoms with Gasteiger partial charge in [0.05, 0.1) is 16.1 Å². The molecule has 0 fully saturated rings. The number of nitrogens with one attached hydrogen (secondary N) is 1. The lowest BCUT2D eigenvalue weighted by Gasteiger charge is -2.12. The van der Waals surface area contributed by atoms with Gasteiger partial charge in [-0.3, -0.25) is 14.9 Å². The predicted molar refractivity (Wildman–Crippen MR) is 92.4 cm³/mol. The second kappa shape index (κ2) is 6.84. The van der Waals surface area contributed by atoms with Gasteiger partial charge in [0.2, 0.25) is 0 Å². The van der Waals surface area contributed by atoms with E-state index in [1.54, 1.807) is 18.4 Å². The van der Waals surface area contributed by atoms with Crippen LogP contribution in [-0.2, 0) is 6.42 Å². The highest BCUT2D eigenvalue weighted by molar-refractivity contribution is 7.20. The van der Waals surface area contributed by atoms with Gasteiger partial charge in [-0.2, -0.15) is 0 Å². The Hall–Kier alpha value is -2.67. The van der Waals surface area contributed by atoms with Crippen molar-refractivity contribution in [2.75, 3.05) is 0 Å². The minimum atomic E-state index is -0.437. The van der Waals surface area contributed by atoms with Crippen molar-refractivity contribution in [3.8, 4) is 0 Å². The molecule has 24 heavy (non-hydrogen) atoms. The van der Waals surface area contributed by atoms with Crippen molar-refractivity contribution in [2.24, 2.45) is 0 Å². The number of carbonyl (C=O) groups is 1. The van der Waals surface area contributed by atoms with Crippen LogP contribution in [0.3, 0.4) is 0 Å². The second-order valence-electron chi connectivity index (χ2n) is 5.58. The number of non-ortho nitro benzene ring substituents is 1. The van der Waals surface area contributed by atoms with E-state index in [1.165, 1.54) is 23.5 Å². The average Bonchev–Trinajstić information content (AvgIpc) is 3.21. The number of carbonyl (C=O) groups excluding carboxylic acids is 1. The minimum Gasteiger partial charge on any atom is -0.469 e. The summed E-state index contributed by atoms with van der Waals surface area (Å²) < 4.78 is 6.13. The first kappa shape index (κ1) is 16.2. The standard InChI is InChI=1S/C17H16N2O4S/c1-11(4-6-14-3-2-8-23-14)18-17(20)16-10-12-9-13(19(21)22)5-7-15(12)24-16/h2-3,5,7-11H,4,6H2,1H3,(H,18,20). The summed E-state index contributed by atoms with van der Waals surface area (Å²) in [6, 6.07) is 10.1. The van der Waals surface area contributed by atoms with Crippen molar-refractivity contribution in [3.63, 3.8) is 0 Å². The number of thiophene rings is 1. The molecule has 0 aliphatic rings. The smallest absolute Gasteiger partial charge is 0.270 e. The van der Waals surface area contributed by atoms with Gasteiger partial charge in [0.25, 0.3) is 11.6 Å². The molecule has 6 nitrogen and oxygen atoms in total. The highest BCUT2D eigenvalue weighted by Gasteiger charge is 2.15. The van der Waals surface area contributed by atoms with Crippen LogP contribution in [0.4, 0.5) is 5.69 Å². The summed E-state index contributed by atoms with van der Waals surface area (Å²) in [5.41, 5.74) is 0.0269. The van der Waals surface area contributed by atoms with Crippen molar-refractivity contribution >= 4 is 33.0 Å². The highest BCUT2D eigenvalue weighted by Crippen LogP contribution is 2.29. The van der Waals surface area contributed by atoms with Crippen LogP contribution < -0.4 is 5.32 Å². The lowest BCUT2D eigenvalue weighted by molar-refractivity contribution is -0.384. The summed E-state index contributed by atoms with van der Waals surface area (Å²) in [4.78, 5) is 23.3. The zero-order valence-corrected chi connectivity index (χ0v) is 13.8. The summed E-state index contributed by atoms with van der Waals surface area (Å²) in [6.45, 7) is 1.94. The van der Waals surface area contributed by atoms with E-state index in [9.17, 15) is 14.9 Å². The highest BCUT2D eigenvalue weighted by atomic mass is 32.1. The number of fused-ring (bicyclic) bond motifs is 1. The molecule has 2 aromatic heterocycles. The van der Waals surface area contributed by atoms with Crippen LogP contribution in [0.5, 0.6) is 0 Å². The first-order chi connectivity index (χ1) is 11.5. The molecule has 1 amide bonds. The van der Waals surface area contributed by atoms with Crippen LogP contribution in [0.15, 0.2) is 47.1 Å². The average molecular weight is 344 g/mol. The molecule has 3 aromatic rings. The van der Waals surface area contributed by atoms with Crippen LogP contribution in [-0.4, -0.2) is 16.9 Å². The largest absolute Gasteiger partial charge is 0.469 e. The van der Waals surface area contributed by atoms with E-state index in [0.717, 1.165) is 23.3 Å². The van der Waals surface area contributed by atoms with Crippen LogP contribution >= 0.6 is 11.3 Å². The van der Waals surface area contributed by atoms with Gasteiger partial charge in [-0.05, 0) is 37.6 Å². The maximum absolute atomic E-state index is 12.3. The third kappa shape index (κ3) is 3.62. The first-order valence-corrected chi connectivity index (χ1v) is 8.36. The molecule has 1 atom stereocenters. The van der Waals surface area contributed by atoms with E-state index in [-0.39, 0.29) is 17.6 Å². The minimum absolute atomic E-state index is 0.00199. The van der Waals surface area contributed by atoms with Gasteiger partial charge in [-0.25, -0.2) is 0 Å². The number of benzene rings is 1. The zero-order chi connectivity index (χ0) is 17.1.